The minimum absolute atomic E-state index is 0.0592. The lowest BCUT2D eigenvalue weighted by Gasteiger charge is -2.31. The van der Waals surface area contributed by atoms with Crippen molar-refractivity contribution < 1.29 is 9.59 Å². The van der Waals surface area contributed by atoms with E-state index in [0.717, 1.165) is 12.1 Å². The van der Waals surface area contributed by atoms with Crippen molar-refractivity contribution in [2.75, 3.05) is 11.9 Å². The molecule has 1 heterocycles. The average Bonchev–Trinajstić information content (AvgIpc) is 2.82. The summed E-state index contributed by atoms with van der Waals surface area (Å²) in [6.45, 7) is 8.58. The van der Waals surface area contributed by atoms with Gasteiger partial charge in [0, 0.05) is 24.2 Å². The van der Waals surface area contributed by atoms with Gasteiger partial charge in [0.15, 0.2) is 0 Å². The molecule has 21 heavy (non-hydrogen) atoms. The number of anilines is 1. The minimum atomic E-state index is -0.262. The molecule has 0 spiro atoms. The Morgan fingerprint density at radius 1 is 1.29 bits per heavy atom. The number of carbonyl (C=O) groups is 2. The Morgan fingerprint density at radius 2 is 1.90 bits per heavy atom. The van der Waals surface area contributed by atoms with Gasteiger partial charge in [-0.05, 0) is 44.9 Å². The first-order chi connectivity index (χ1) is 9.81. The third-order valence-electron chi connectivity index (χ3n) is 3.94. The highest BCUT2D eigenvalue weighted by molar-refractivity contribution is 5.97. The summed E-state index contributed by atoms with van der Waals surface area (Å²) in [4.78, 5) is 26.1. The second-order valence-electron chi connectivity index (χ2n) is 6.62. The van der Waals surface area contributed by atoms with Gasteiger partial charge in [-0.1, -0.05) is 19.1 Å². The van der Waals surface area contributed by atoms with Crippen LogP contribution in [0.5, 0.6) is 0 Å². The van der Waals surface area contributed by atoms with E-state index in [1.165, 1.54) is 5.56 Å². The first-order valence-corrected chi connectivity index (χ1v) is 7.51. The van der Waals surface area contributed by atoms with E-state index < -0.39 is 0 Å². The molecule has 1 aromatic carbocycles. The highest BCUT2D eigenvalue weighted by Gasteiger charge is 2.39. The van der Waals surface area contributed by atoms with E-state index >= 15 is 0 Å². The summed E-state index contributed by atoms with van der Waals surface area (Å²) in [7, 11) is 0. The number of hydrogen-bond acceptors (Lipinski definition) is 2. The summed E-state index contributed by atoms with van der Waals surface area (Å²) >= 11 is 0. The molecule has 1 N–H and O–H groups in total. The van der Waals surface area contributed by atoms with Gasteiger partial charge in [-0.25, -0.2) is 0 Å². The van der Waals surface area contributed by atoms with E-state index in [0.29, 0.717) is 13.0 Å². The van der Waals surface area contributed by atoms with Gasteiger partial charge in [-0.3, -0.25) is 9.59 Å². The zero-order valence-electron chi connectivity index (χ0n) is 13.3. The molecule has 1 saturated heterocycles. The fourth-order valence-corrected chi connectivity index (χ4v) is 2.60. The van der Waals surface area contributed by atoms with Crippen LogP contribution in [0.1, 0.15) is 39.7 Å². The molecule has 1 aromatic rings. The zero-order valence-corrected chi connectivity index (χ0v) is 13.3. The molecule has 2 rings (SSSR count). The van der Waals surface area contributed by atoms with Crippen LogP contribution in [0.15, 0.2) is 24.3 Å². The van der Waals surface area contributed by atoms with E-state index in [9.17, 15) is 9.59 Å². The predicted molar refractivity (Wildman–Crippen MR) is 84.0 cm³/mol. The maximum absolute atomic E-state index is 12.3. The molecule has 1 atom stereocenters. The number of nitrogens with one attached hydrogen (secondary N) is 1. The van der Waals surface area contributed by atoms with E-state index in [1.54, 1.807) is 4.90 Å². The van der Waals surface area contributed by atoms with Gasteiger partial charge in [0.1, 0.15) is 0 Å². The minimum Gasteiger partial charge on any atom is -0.337 e. The molecule has 114 valence electrons. The number of nitrogens with zero attached hydrogens (tertiary/aromatic N) is 1. The molecule has 4 heteroatoms. The van der Waals surface area contributed by atoms with Crippen molar-refractivity contribution in [1.82, 2.24) is 4.90 Å². The molecule has 0 aliphatic carbocycles. The highest BCUT2D eigenvalue weighted by atomic mass is 16.2. The Labute approximate surface area is 126 Å². The Balaban J connectivity index is 1.99. The van der Waals surface area contributed by atoms with Crippen LogP contribution < -0.4 is 5.32 Å². The Morgan fingerprint density at radius 3 is 2.38 bits per heavy atom. The Hall–Kier alpha value is -1.84. The van der Waals surface area contributed by atoms with Crippen LogP contribution in [-0.4, -0.2) is 28.8 Å². The van der Waals surface area contributed by atoms with Crippen molar-refractivity contribution in [2.24, 2.45) is 5.92 Å². The molecule has 0 aromatic heterocycles. The lowest BCUT2D eigenvalue weighted by atomic mass is 10.1. The van der Waals surface area contributed by atoms with Crippen molar-refractivity contribution in [3.8, 4) is 0 Å². The molecule has 1 aliphatic rings. The molecule has 1 aliphatic heterocycles. The summed E-state index contributed by atoms with van der Waals surface area (Å²) < 4.78 is 0. The molecular weight excluding hydrogens is 264 g/mol. The normalized spacial score (nSPS) is 19.0. The zero-order chi connectivity index (χ0) is 15.6. The number of amides is 2. The molecule has 1 unspecified atom stereocenters. The average molecular weight is 288 g/mol. The van der Waals surface area contributed by atoms with Gasteiger partial charge in [0.2, 0.25) is 11.8 Å². The second-order valence-corrected chi connectivity index (χ2v) is 6.62. The second kappa shape index (κ2) is 5.88. The van der Waals surface area contributed by atoms with Gasteiger partial charge in [0.05, 0.1) is 5.92 Å². The third-order valence-corrected chi connectivity index (χ3v) is 3.94. The monoisotopic (exact) mass is 288 g/mol. The molecule has 4 nitrogen and oxygen atoms in total. The predicted octanol–water partition coefficient (Wildman–Crippen LogP) is 2.83. The highest BCUT2D eigenvalue weighted by Crippen LogP contribution is 2.26. The maximum atomic E-state index is 12.3. The van der Waals surface area contributed by atoms with Crippen LogP contribution in [0, 0.1) is 5.92 Å². The van der Waals surface area contributed by atoms with Gasteiger partial charge in [-0.15, -0.1) is 0 Å². The summed E-state index contributed by atoms with van der Waals surface area (Å²) in [6, 6.07) is 7.85. The van der Waals surface area contributed by atoms with Gasteiger partial charge in [0.25, 0.3) is 0 Å². The number of benzene rings is 1. The van der Waals surface area contributed by atoms with Gasteiger partial charge >= 0.3 is 0 Å². The van der Waals surface area contributed by atoms with Crippen LogP contribution in [0.4, 0.5) is 5.69 Å². The summed E-state index contributed by atoms with van der Waals surface area (Å²) in [5.74, 6) is -0.272. The molecule has 0 bridgehead atoms. The van der Waals surface area contributed by atoms with E-state index in [4.69, 9.17) is 0 Å². The van der Waals surface area contributed by atoms with Crippen LogP contribution in [-0.2, 0) is 16.0 Å². The number of hydrogen-bond donors (Lipinski definition) is 1. The molecule has 1 fully saturated rings. The van der Waals surface area contributed by atoms with E-state index in [1.807, 2.05) is 45.0 Å². The van der Waals surface area contributed by atoms with Crippen molar-refractivity contribution in [3.63, 3.8) is 0 Å². The smallest absolute Gasteiger partial charge is 0.229 e. The topological polar surface area (TPSA) is 49.4 Å². The maximum Gasteiger partial charge on any atom is 0.229 e. The summed E-state index contributed by atoms with van der Waals surface area (Å²) in [5, 5.41) is 2.91. The van der Waals surface area contributed by atoms with Crippen molar-refractivity contribution in [3.05, 3.63) is 29.8 Å². The van der Waals surface area contributed by atoms with Crippen LogP contribution in [0.25, 0.3) is 0 Å². The third kappa shape index (κ3) is 3.63. The quantitative estimate of drug-likeness (QED) is 0.929. The number of aryl methyl sites for hydroxylation is 1. The molecule has 0 radical (unpaired) electrons. The van der Waals surface area contributed by atoms with E-state index in [2.05, 4.69) is 12.2 Å². The first-order valence-electron chi connectivity index (χ1n) is 7.51. The van der Waals surface area contributed by atoms with Crippen LogP contribution >= 0.6 is 0 Å². The van der Waals surface area contributed by atoms with Crippen molar-refractivity contribution in [2.45, 2.75) is 46.1 Å². The van der Waals surface area contributed by atoms with Crippen LogP contribution in [0.3, 0.4) is 0 Å². The van der Waals surface area contributed by atoms with Gasteiger partial charge < -0.3 is 10.2 Å². The summed E-state index contributed by atoms with van der Waals surface area (Å²) in [6.07, 6.45) is 1.28. The Bertz CT molecular complexity index is 529. The van der Waals surface area contributed by atoms with Crippen molar-refractivity contribution in [1.29, 1.82) is 0 Å². The SMILES string of the molecule is CCc1ccc(NC(=O)C2CC(=O)N(C(C)(C)C)C2)cc1. The van der Waals surface area contributed by atoms with Gasteiger partial charge in [-0.2, -0.15) is 0 Å². The lowest BCUT2D eigenvalue weighted by molar-refractivity contribution is -0.131. The fraction of sp³-hybridized carbons (Fsp3) is 0.529. The molecule has 2 amide bonds. The van der Waals surface area contributed by atoms with E-state index in [-0.39, 0.29) is 23.3 Å². The lowest BCUT2D eigenvalue weighted by Crippen LogP contribution is -2.42. The largest absolute Gasteiger partial charge is 0.337 e. The Kier molecular flexibility index (Phi) is 4.35. The number of carbonyl (C=O) groups excluding carboxylic acids is 2. The summed E-state index contributed by atoms with van der Waals surface area (Å²) in [5.41, 5.74) is 1.80. The molecule has 0 saturated carbocycles. The van der Waals surface area contributed by atoms with Crippen molar-refractivity contribution >= 4 is 17.5 Å². The number of likely N-dealkylation sites (tertiary alicyclic amines) is 1. The molecular formula is C17H24N2O2. The fourth-order valence-electron chi connectivity index (χ4n) is 2.60. The first kappa shape index (κ1) is 15.5. The standard InChI is InChI=1S/C17H24N2O2/c1-5-12-6-8-14(9-7-12)18-16(21)13-10-15(20)19(11-13)17(2,3)4/h6-9,13H,5,10-11H2,1-4H3,(H,18,21). The van der Waals surface area contributed by atoms with Crippen LogP contribution in [0.2, 0.25) is 0 Å². The number of rotatable bonds is 3.